The summed E-state index contributed by atoms with van der Waals surface area (Å²) in [5.41, 5.74) is 0.549. The first-order valence-corrected chi connectivity index (χ1v) is 10.1. The Balaban J connectivity index is 1.58. The number of fused-ring (bicyclic) bond motifs is 1. The number of nitrogens with zero attached hydrogens (tertiary/aromatic N) is 3. The van der Waals surface area contributed by atoms with Gasteiger partial charge in [0, 0.05) is 37.1 Å². The van der Waals surface area contributed by atoms with Crippen molar-refractivity contribution in [3.8, 4) is 0 Å². The van der Waals surface area contributed by atoms with Crippen molar-refractivity contribution in [1.82, 2.24) is 14.7 Å². The van der Waals surface area contributed by atoms with Crippen LogP contribution >= 0.6 is 15.9 Å². The zero-order valence-corrected chi connectivity index (χ0v) is 17.9. The van der Waals surface area contributed by atoms with E-state index < -0.39 is 11.8 Å². The summed E-state index contributed by atoms with van der Waals surface area (Å²) in [4.78, 5) is 54.3. The van der Waals surface area contributed by atoms with Crippen molar-refractivity contribution in [2.75, 3.05) is 32.7 Å². The van der Waals surface area contributed by atoms with Gasteiger partial charge in [-0.3, -0.25) is 24.1 Å². The van der Waals surface area contributed by atoms with Gasteiger partial charge in [0.2, 0.25) is 11.8 Å². The number of hydrogen-bond acceptors (Lipinski definition) is 4. The number of carbonyl (C=O) groups is 4. The largest absolute Gasteiger partial charge is 0.339 e. The summed E-state index contributed by atoms with van der Waals surface area (Å²) >= 11 is 3.29. The minimum atomic E-state index is -0.450. The van der Waals surface area contributed by atoms with Crippen LogP contribution in [0.5, 0.6) is 0 Å². The highest BCUT2D eigenvalue weighted by molar-refractivity contribution is 9.10. The van der Waals surface area contributed by atoms with Gasteiger partial charge in [-0.25, -0.2) is 0 Å². The fraction of sp³-hybridized carbons (Fsp3) is 0.500. The molecule has 2 heterocycles. The minimum absolute atomic E-state index is 0.0789. The Labute approximate surface area is 172 Å². The standard InChI is InChI=1S/C20H24BrN3O4/c1-20(2,3)11-16(25)22-6-8-23(9-7-22)17(26)12-24-18(27)14-5-4-13(21)10-15(14)19(24)28/h4-5,10H,6-9,11-12H2,1-3H3. The van der Waals surface area contributed by atoms with Gasteiger partial charge in [0.05, 0.1) is 11.1 Å². The minimum Gasteiger partial charge on any atom is -0.339 e. The van der Waals surface area contributed by atoms with Crippen LogP contribution < -0.4 is 0 Å². The van der Waals surface area contributed by atoms with Gasteiger partial charge in [0.25, 0.3) is 11.8 Å². The molecule has 28 heavy (non-hydrogen) atoms. The van der Waals surface area contributed by atoms with Crippen molar-refractivity contribution in [3.05, 3.63) is 33.8 Å². The van der Waals surface area contributed by atoms with Gasteiger partial charge in [0.1, 0.15) is 6.54 Å². The molecule has 1 aromatic rings. The Kier molecular flexibility index (Phi) is 5.61. The van der Waals surface area contributed by atoms with Gasteiger partial charge >= 0.3 is 0 Å². The van der Waals surface area contributed by atoms with E-state index in [2.05, 4.69) is 15.9 Å². The molecule has 2 aliphatic rings. The highest BCUT2D eigenvalue weighted by Gasteiger charge is 2.38. The number of piperazine rings is 1. The zero-order valence-electron chi connectivity index (χ0n) is 16.3. The fourth-order valence-corrected chi connectivity index (χ4v) is 3.77. The molecule has 2 aliphatic heterocycles. The highest BCUT2D eigenvalue weighted by atomic mass is 79.9. The molecule has 0 radical (unpaired) electrons. The third kappa shape index (κ3) is 4.27. The molecule has 4 amide bonds. The molecule has 0 saturated carbocycles. The van der Waals surface area contributed by atoms with E-state index in [1.54, 1.807) is 28.0 Å². The maximum absolute atomic E-state index is 12.6. The van der Waals surface area contributed by atoms with E-state index >= 15 is 0 Å². The Bertz CT molecular complexity index is 838. The van der Waals surface area contributed by atoms with Crippen LogP contribution in [-0.2, 0) is 9.59 Å². The number of halogens is 1. The van der Waals surface area contributed by atoms with E-state index in [1.807, 2.05) is 20.8 Å². The third-order valence-electron chi connectivity index (χ3n) is 4.89. The van der Waals surface area contributed by atoms with Crippen LogP contribution in [0.25, 0.3) is 0 Å². The summed E-state index contributed by atoms with van der Waals surface area (Å²) in [6.07, 6.45) is 0.464. The van der Waals surface area contributed by atoms with Gasteiger partial charge in [-0.05, 0) is 23.6 Å². The van der Waals surface area contributed by atoms with Crippen molar-refractivity contribution in [3.63, 3.8) is 0 Å². The second kappa shape index (κ2) is 7.66. The number of imide groups is 1. The maximum atomic E-state index is 12.6. The smallest absolute Gasteiger partial charge is 0.262 e. The quantitative estimate of drug-likeness (QED) is 0.662. The summed E-state index contributed by atoms with van der Waals surface area (Å²) in [5.74, 6) is -1.09. The summed E-state index contributed by atoms with van der Waals surface area (Å²) in [6, 6.07) is 4.88. The topological polar surface area (TPSA) is 78.0 Å². The van der Waals surface area contributed by atoms with Crippen molar-refractivity contribution in [2.45, 2.75) is 27.2 Å². The molecule has 3 rings (SSSR count). The average Bonchev–Trinajstić information content (AvgIpc) is 2.85. The number of hydrogen-bond donors (Lipinski definition) is 0. The lowest BCUT2D eigenvalue weighted by Gasteiger charge is -2.36. The second-order valence-electron chi connectivity index (χ2n) is 8.39. The van der Waals surface area contributed by atoms with Gasteiger partial charge in [-0.15, -0.1) is 0 Å². The fourth-order valence-electron chi connectivity index (χ4n) is 3.41. The van der Waals surface area contributed by atoms with Crippen LogP contribution in [0.2, 0.25) is 0 Å². The molecule has 0 unspecified atom stereocenters. The summed E-state index contributed by atoms with van der Waals surface area (Å²) in [5, 5.41) is 0. The van der Waals surface area contributed by atoms with Gasteiger partial charge in [0.15, 0.2) is 0 Å². The van der Waals surface area contributed by atoms with Crippen LogP contribution in [0.4, 0.5) is 0 Å². The summed E-state index contributed by atoms with van der Waals surface area (Å²) in [6.45, 7) is 7.53. The molecule has 8 heteroatoms. The SMILES string of the molecule is CC(C)(C)CC(=O)N1CCN(C(=O)CN2C(=O)c3ccc(Br)cc3C2=O)CC1. The van der Waals surface area contributed by atoms with Crippen LogP contribution in [0.15, 0.2) is 22.7 Å². The first-order valence-electron chi connectivity index (χ1n) is 9.28. The highest BCUT2D eigenvalue weighted by Crippen LogP contribution is 2.26. The first-order chi connectivity index (χ1) is 13.1. The zero-order chi connectivity index (χ0) is 20.6. The molecule has 0 spiro atoms. The van der Waals surface area contributed by atoms with Crippen molar-refractivity contribution in [2.24, 2.45) is 5.41 Å². The van der Waals surface area contributed by atoms with E-state index in [0.717, 1.165) is 4.90 Å². The lowest BCUT2D eigenvalue weighted by atomic mass is 9.91. The predicted octanol–water partition coefficient (Wildman–Crippen LogP) is 2.15. The van der Waals surface area contributed by atoms with Gasteiger partial charge in [-0.1, -0.05) is 36.7 Å². The first kappa shape index (κ1) is 20.5. The van der Waals surface area contributed by atoms with Crippen molar-refractivity contribution < 1.29 is 19.2 Å². The number of rotatable bonds is 3. The molecule has 1 aromatic carbocycles. The maximum Gasteiger partial charge on any atom is 0.262 e. The molecule has 150 valence electrons. The number of carbonyl (C=O) groups excluding carboxylic acids is 4. The molecule has 0 N–H and O–H groups in total. The van der Waals surface area contributed by atoms with Crippen molar-refractivity contribution in [1.29, 1.82) is 0 Å². The monoisotopic (exact) mass is 449 g/mol. The molecule has 1 fully saturated rings. The molecule has 0 bridgehead atoms. The third-order valence-corrected chi connectivity index (χ3v) is 5.39. The number of amides is 4. The number of benzene rings is 1. The Morgan fingerprint density at radius 1 is 0.929 bits per heavy atom. The van der Waals surface area contributed by atoms with Crippen molar-refractivity contribution >= 4 is 39.6 Å². The van der Waals surface area contributed by atoms with Gasteiger partial charge in [-0.2, -0.15) is 0 Å². The Morgan fingerprint density at radius 2 is 1.46 bits per heavy atom. The van der Waals surface area contributed by atoms with E-state index in [-0.39, 0.29) is 23.8 Å². The van der Waals surface area contributed by atoms with E-state index in [4.69, 9.17) is 0 Å². The molecule has 1 saturated heterocycles. The predicted molar refractivity (Wildman–Crippen MR) is 107 cm³/mol. The van der Waals surface area contributed by atoms with Crippen LogP contribution in [0.3, 0.4) is 0 Å². The van der Waals surface area contributed by atoms with E-state index in [9.17, 15) is 19.2 Å². The second-order valence-corrected chi connectivity index (χ2v) is 9.30. The summed E-state index contributed by atoms with van der Waals surface area (Å²) < 4.78 is 0.705. The van der Waals surface area contributed by atoms with E-state index in [0.29, 0.717) is 48.2 Å². The molecular weight excluding hydrogens is 426 g/mol. The van der Waals surface area contributed by atoms with Gasteiger partial charge < -0.3 is 9.80 Å². The lowest BCUT2D eigenvalue weighted by Crippen LogP contribution is -2.53. The average molecular weight is 450 g/mol. The normalized spacial score (nSPS) is 17.2. The lowest BCUT2D eigenvalue weighted by molar-refractivity contribution is -0.140. The molecule has 7 nitrogen and oxygen atoms in total. The Hall–Kier alpha value is -2.22. The van der Waals surface area contributed by atoms with E-state index in [1.165, 1.54) is 0 Å². The van der Waals surface area contributed by atoms with Crippen LogP contribution in [-0.4, -0.2) is 71.1 Å². The Morgan fingerprint density at radius 3 is 2.04 bits per heavy atom. The molecular formula is C20H24BrN3O4. The summed E-state index contributed by atoms with van der Waals surface area (Å²) in [7, 11) is 0. The molecule has 0 atom stereocenters. The van der Waals surface area contributed by atoms with Crippen LogP contribution in [0, 0.1) is 5.41 Å². The van der Waals surface area contributed by atoms with Crippen LogP contribution in [0.1, 0.15) is 47.9 Å². The molecule has 0 aliphatic carbocycles. The molecule has 0 aromatic heterocycles.